The maximum absolute atomic E-state index is 11.9. The van der Waals surface area contributed by atoms with Gasteiger partial charge < -0.3 is 29.8 Å². The lowest BCUT2D eigenvalue weighted by molar-refractivity contribution is 0.0697. The molecule has 0 aliphatic heterocycles. The number of likely N-dealkylation sites (N-methyl/N-ethyl adjacent to an activating group) is 1. The summed E-state index contributed by atoms with van der Waals surface area (Å²) in [6.45, 7) is 5.56. The molecule has 0 aliphatic carbocycles. The van der Waals surface area contributed by atoms with E-state index in [9.17, 15) is 9.90 Å². The van der Waals surface area contributed by atoms with Crippen molar-refractivity contribution in [2.75, 3.05) is 38.4 Å². The number of hydrogen-bond acceptors (Lipinski definition) is 10. The standard InChI is InChI=1S/C26H26N8O4.C2H6/c1-33(2)11-12-34-15-16(13-28-34)29-26-27-14-18(25(35)36)23(32-26)30-20-9-6-7-17(22(20)37-3)24-31-19-8-4-5-10-21(19)38-24;1-2/h4-10,13-15H,11-12H2,1-3H3,(H,35,36)(H2,27,29,30,32);1-2H3. The van der Waals surface area contributed by atoms with Crippen LogP contribution in [0.15, 0.2) is 65.5 Å². The van der Waals surface area contributed by atoms with Crippen LogP contribution in [-0.4, -0.2) is 68.5 Å². The molecular weight excluding hydrogens is 512 g/mol. The van der Waals surface area contributed by atoms with Gasteiger partial charge in [-0.2, -0.15) is 10.1 Å². The molecule has 0 spiro atoms. The Hall–Kier alpha value is -4.97. The molecule has 0 amide bonds. The molecule has 0 unspecified atom stereocenters. The van der Waals surface area contributed by atoms with Crippen molar-refractivity contribution in [3.8, 4) is 17.2 Å². The second kappa shape index (κ2) is 12.7. The number of carbonyl (C=O) groups is 1. The number of oxazole rings is 1. The van der Waals surface area contributed by atoms with Crippen LogP contribution in [0.4, 0.5) is 23.1 Å². The number of methoxy groups -OCH3 is 1. The second-order valence-electron chi connectivity index (χ2n) is 8.68. The Kier molecular flexibility index (Phi) is 8.92. The molecule has 0 bridgehead atoms. The van der Waals surface area contributed by atoms with Crippen LogP contribution in [0.5, 0.6) is 5.75 Å². The van der Waals surface area contributed by atoms with E-state index < -0.39 is 5.97 Å². The summed E-state index contributed by atoms with van der Waals surface area (Å²) in [5.41, 5.74) is 3.01. The SMILES string of the molecule is CC.COc1c(Nc2nc(Nc3cnn(CCN(C)C)c3)ncc2C(=O)O)cccc1-c1nc2ccccc2o1. The van der Waals surface area contributed by atoms with E-state index in [4.69, 9.17) is 9.15 Å². The summed E-state index contributed by atoms with van der Waals surface area (Å²) < 4.78 is 13.4. The van der Waals surface area contributed by atoms with Crippen molar-refractivity contribution in [2.45, 2.75) is 20.4 Å². The number of carboxylic acids is 1. The van der Waals surface area contributed by atoms with Gasteiger partial charge in [0.2, 0.25) is 11.8 Å². The molecule has 208 valence electrons. The molecule has 3 heterocycles. The quantitative estimate of drug-likeness (QED) is 0.212. The van der Waals surface area contributed by atoms with Crippen molar-refractivity contribution in [3.05, 3.63) is 66.6 Å². The predicted molar refractivity (Wildman–Crippen MR) is 154 cm³/mol. The number of fused-ring (bicyclic) bond motifs is 1. The van der Waals surface area contributed by atoms with E-state index in [2.05, 4.69) is 35.6 Å². The normalized spacial score (nSPS) is 10.8. The van der Waals surface area contributed by atoms with Gasteiger partial charge in [0.15, 0.2) is 17.2 Å². The number of ether oxygens (including phenoxy) is 1. The lowest BCUT2D eigenvalue weighted by atomic mass is 10.1. The van der Waals surface area contributed by atoms with Crippen LogP contribution in [0, 0.1) is 0 Å². The number of anilines is 4. The van der Waals surface area contributed by atoms with E-state index in [1.807, 2.05) is 64.5 Å². The number of rotatable bonds is 10. The molecule has 40 heavy (non-hydrogen) atoms. The zero-order valence-electron chi connectivity index (χ0n) is 23.0. The molecule has 3 N–H and O–H groups in total. The fraction of sp³-hybridized carbons (Fsp3) is 0.250. The summed E-state index contributed by atoms with van der Waals surface area (Å²) in [6, 6.07) is 12.8. The van der Waals surface area contributed by atoms with Crippen molar-refractivity contribution in [1.29, 1.82) is 0 Å². The average molecular weight is 545 g/mol. The van der Waals surface area contributed by atoms with E-state index in [1.165, 1.54) is 13.3 Å². The van der Waals surface area contributed by atoms with Gasteiger partial charge in [0.05, 0.1) is 36.8 Å². The Morgan fingerprint density at radius 1 is 1.07 bits per heavy atom. The number of hydrogen-bond donors (Lipinski definition) is 3. The lowest BCUT2D eigenvalue weighted by Gasteiger charge is -2.15. The third kappa shape index (κ3) is 6.35. The van der Waals surface area contributed by atoms with E-state index in [1.54, 1.807) is 23.0 Å². The minimum absolute atomic E-state index is 0.0861. The van der Waals surface area contributed by atoms with Crippen molar-refractivity contribution < 1.29 is 19.1 Å². The molecular formula is C28H32N8O4. The van der Waals surface area contributed by atoms with Crippen LogP contribution in [0.25, 0.3) is 22.6 Å². The molecule has 0 saturated carbocycles. The second-order valence-corrected chi connectivity index (χ2v) is 8.68. The third-order valence-electron chi connectivity index (χ3n) is 5.68. The highest BCUT2D eigenvalue weighted by atomic mass is 16.5. The van der Waals surface area contributed by atoms with Gasteiger partial charge in [0.25, 0.3) is 0 Å². The Labute approximate surface area is 231 Å². The summed E-state index contributed by atoms with van der Waals surface area (Å²) in [5.74, 6) is -0.0847. The number of carboxylic acid groups (broad SMARTS) is 1. The molecule has 12 nitrogen and oxygen atoms in total. The van der Waals surface area contributed by atoms with Gasteiger partial charge in [-0.25, -0.2) is 14.8 Å². The monoisotopic (exact) mass is 544 g/mol. The zero-order chi connectivity index (χ0) is 28.6. The number of aromatic nitrogens is 5. The minimum Gasteiger partial charge on any atom is -0.494 e. The zero-order valence-corrected chi connectivity index (χ0v) is 23.0. The fourth-order valence-electron chi connectivity index (χ4n) is 3.81. The van der Waals surface area contributed by atoms with Crippen molar-refractivity contribution in [3.63, 3.8) is 0 Å². The third-order valence-corrected chi connectivity index (χ3v) is 5.68. The van der Waals surface area contributed by atoms with Crippen LogP contribution in [0.2, 0.25) is 0 Å². The molecule has 5 rings (SSSR count). The van der Waals surface area contributed by atoms with E-state index in [0.29, 0.717) is 39.7 Å². The summed E-state index contributed by atoms with van der Waals surface area (Å²) >= 11 is 0. The van der Waals surface area contributed by atoms with Crippen LogP contribution in [0.3, 0.4) is 0 Å². The molecule has 2 aromatic carbocycles. The highest BCUT2D eigenvalue weighted by Crippen LogP contribution is 2.38. The first kappa shape index (κ1) is 28.0. The Morgan fingerprint density at radius 2 is 1.88 bits per heavy atom. The summed E-state index contributed by atoms with van der Waals surface area (Å²) in [7, 11) is 5.51. The van der Waals surface area contributed by atoms with Crippen LogP contribution < -0.4 is 15.4 Å². The maximum Gasteiger partial charge on any atom is 0.341 e. The smallest absolute Gasteiger partial charge is 0.341 e. The number of aromatic carboxylic acids is 1. The molecule has 0 fully saturated rings. The van der Waals surface area contributed by atoms with E-state index in [-0.39, 0.29) is 17.3 Å². The number of para-hydroxylation sites is 3. The Balaban J connectivity index is 0.00000181. The highest BCUT2D eigenvalue weighted by Gasteiger charge is 2.20. The van der Waals surface area contributed by atoms with Crippen molar-refractivity contribution in [2.24, 2.45) is 0 Å². The molecule has 0 radical (unpaired) electrons. The number of benzene rings is 2. The first-order valence-corrected chi connectivity index (χ1v) is 12.8. The van der Waals surface area contributed by atoms with Crippen LogP contribution in [0.1, 0.15) is 24.2 Å². The summed E-state index contributed by atoms with van der Waals surface area (Å²) in [5, 5.41) is 20.3. The predicted octanol–water partition coefficient (Wildman–Crippen LogP) is 5.26. The summed E-state index contributed by atoms with van der Waals surface area (Å²) in [4.78, 5) is 27.2. The molecule has 5 aromatic rings. The largest absolute Gasteiger partial charge is 0.494 e. The topological polar surface area (TPSA) is 143 Å². The minimum atomic E-state index is -1.18. The van der Waals surface area contributed by atoms with Gasteiger partial charge in [0.1, 0.15) is 11.1 Å². The molecule has 0 aliphatic rings. The van der Waals surface area contributed by atoms with Gasteiger partial charge in [-0.05, 0) is 38.4 Å². The number of nitrogens with zero attached hydrogens (tertiary/aromatic N) is 6. The Bertz CT molecular complexity index is 1560. The van der Waals surface area contributed by atoms with Gasteiger partial charge >= 0.3 is 5.97 Å². The van der Waals surface area contributed by atoms with Gasteiger partial charge in [-0.1, -0.05) is 32.0 Å². The van der Waals surface area contributed by atoms with Gasteiger partial charge in [-0.15, -0.1) is 0 Å². The fourth-order valence-corrected chi connectivity index (χ4v) is 3.81. The molecule has 0 atom stereocenters. The first-order valence-electron chi connectivity index (χ1n) is 12.8. The Morgan fingerprint density at radius 3 is 2.60 bits per heavy atom. The molecule has 0 saturated heterocycles. The highest BCUT2D eigenvalue weighted by molar-refractivity contribution is 5.94. The first-order chi connectivity index (χ1) is 19.4. The van der Waals surface area contributed by atoms with E-state index >= 15 is 0 Å². The lowest BCUT2D eigenvalue weighted by Crippen LogP contribution is -2.18. The van der Waals surface area contributed by atoms with Crippen LogP contribution >= 0.6 is 0 Å². The summed E-state index contributed by atoms with van der Waals surface area (Å²) in [6.07, 6.45) is 4.73. The maximum atomic E-state index is 11.9. The van der Waals surface area contributed by atoms with Crippen molar-refractivity contribution in [1.82, 2.24) is 29.6 Å². The van der Waals surface area contributed by atoms with Gasteiger partial charge in [-0.3, -0.25) is 4.68 Å². The van der Waals surface area contributed by atoms with Crippen LogP contribution in [-0.2, 0) is 6.54 Å². The molecule has 12 heteroatoms. The van der Waals surface area contributed by atoms with Gasteiger partial charge in [0, 0.05) is 18.9 Å². The number of nitrogens with one attached hydrogen (secondary N) is 2. The molecule has 3 aromatic heterocycles. The average Bonchev–Trinajstić information content (AvgIpc) is 3.59. The van der Waals surface area contributed by atoms with E-state index in [0.717, 1.165) is 13.1 Å². The van der Waals surface area contributed by atoms with Crippen molar-refractivity contribution >= 4 is 40.2 Å².